The Morgan fingerprint density at radius 2 is 2.10 bits per heavy atom. The minimum absolute atomic E-state index is 0.504. The number of rotatable bonds is 4. The molecular formula is C16H22N4O. The summed E-state index contributed by atoms with van der Waals surface area (Å²) in [6.45, 7) is 4.70. The highest BCUT2D eigenvalue weighted by molar-refractivity contribution is 5.58. The molecule has 0 atom stereocenters. The lowest BCUT2D eigenvalue weighted by Gasteiger charge is -2.24. The van der Waals surface area contributed by atoms with Crippen LogP contribution in [0.2, 0.25) is 0 Å². The highest BCUT2D eigenvalue weighted by atomic mass is 16.5. The summed E-state index contributed by atoms with van der Waals surface area (Å²) in [6.07, 6.45) is 3.10. The Labute approximate surface area is 125 Å². The lowest BCUT2D eigenvalue weighted by atomic mass is 10.2. The van der Waals surface area contributed by atoms with Gasteiger partial charge >= 0.3 is 0 Å². The minimum Gasteiger partial charge on any atom is -0.485 e. The van der Waals surface area contributed by atoms with Gasteiger partial charge in [-0.3, -0.25) is 4.68 Å². The molecular weight excluding hydrogens is 264 g/mol. The number of hydrogen-bond acceptors (Lipinski definition) is 4. The third kappa shape index (κ3) is 3.55. The number of anilines is 1. The molecule has 5 nitrogen and oxygen atoms in total. The van der Waals surface area contributed by atoms with E-state index in [0.29, 0.717) is 6.61 Å². The maximum atomic E-state index is 5.99. The van der Waals surface area contributed by atoms with Crippen molar-refractivity contribution in [3.63, 3.8) is 0 Å². The first kappa shape index (κ1) is 13.9. The van der Waals surface area contributed by atoms with E-state index in [1.165, 1.54) is 5.69 Å². The van der Waals surface area contributed by atoms with E-state index in [1.807, 2.05) is 31.4 Å². The van der Waals surface area contributed by atoms with E-state index in [0.717, 1.165) is 44.0 Å². The summed E-state index contributed by atoms with van der Waals surface area (Å²) < 4.78 is 7.79. The fraction of sp³-hybridized carbons (Fsp3) is 0.438. The van der Waals surface area contributed by atoms with Crippen LogP contribution in [0.15, 0.2) is 36.5 Å². The summed E-state index contributed by atoms with van der Waals surface area (Å²) in [5.74, 6) is 0.935. The van der Waals surface area contributed by atoms with E-state index in [1.54, 1.807) is 4.68 Å². The number of benzene rings is 1. The molecule has 21 heavy (non-hydrogen) atoms. The maximum absolute atomic E-state index is 5.99. The molecule has 0 bridgehead atoms. The average molecular weight is 286 g/mol. The lowest BCUT2D eigenvalue weighted by molar-refractivity contribution is 0.300. The van der Waals surface area contributed by atoms with Crippen LogP contribution in [0.5, 0.6) is 5.75 Å². The van der Waals surface area contributed by atoms with Gasteiger partial charge < -0.3 is 15.0 Å². The van der Waals surface area contributed by atoms with Crippen LogP contribution < -0.4 is 15.0 Å². The number of nitrogens with zero attached hydrogens (tertiary/aromatic N) is 3. The van der Waals surface area contributed by atoms with Crippen molar-refractivity contribution in [1.82, 2.24) is 15.1 Å². The molecule has 112 valence electrons. The van der Waals surface area contributed by atoms with Crippen molar-refractivity contribution < 1.29 is 4.74 Å². The van der Waals surface area contributed by atoms with Crippen molar-refractivity contribution in [2.45, 2.75) is 13.0 Å². The van der Waals surface area contributed by atoms with Gasteiger partial charge in [-0.25, -0.2) is 0 Å². The highest BCUT2D eigenvalue weighted by Crippen LogP contribution is 2.29. The summed E-state index contributed by atoms with van der Waals surface area (Å²) >= 11 is 0. The molecule has 2 aromatic rings. The van der Waals surface area contributed by atoms with Gasteiger partial charge in [0.15, 0.2) is 0 Å². The molecule has 2 heterocycles. The number of nitrogens with one attached hydrogen (secondary N) is 1. The first-order valence-electron chi connectivity index (χ1n) is 7.49. The highest BCUT2D eigenvalue weighted by Gasteiger charge is 2.14. The standard InChI is InChI=1S/C16H22N4O/c1-19-11-7-14(18-19)13-21-16-6-3-2-5-15(16)20-10-4-8-17-9-12-20/h2-3,5-7,11,17H,4,8-10,12-13H2,1H3. The van der Waals surface area contributed by atoms with Gasteiger partial charge in [-0.2, -0.15) is 5.10 Å². The molecule has 0 unspecified atom stereocenters. The number of ether oxygens (including phenoxy) is 1. The van der Waals surface area contributed by atoms with Crippen LogP contribution in [-0.2, 0) is 13.7 Å². The molecule has 1 fully saturated rings. The second-order valence-corrected chi connectivity index (χ2v) is 5.33. The molecule has 1 aliphatic heterocycles. The van der Waals surface area contributed by atoms with Crippen molar-refractivity contribution in [1.29, 1.82) is 0 Å². The Balaban J connectivity index is 1.72. The van der Waals surface area contributed by atoms with Gasteiger partial charge in [0.25, 0.3) is 0 Å². The lowest BCUT2D eigenvalue weighted by Crippen LogP contribution is -2.28. The zero-order valence-electron chi connectivity index (χ0n) is 12.5. The molecule has 1 aliphatic rings. The molecule has 0 saturated carbocycles. The van der Waals surface area contributed by atoms with E-state index < -0.39 is 0 Å². The Kier molecular flexibility index (Phi) is 4.40. The first-order chi connectivity index (χ1) is 10.3. The largest absolute Gasteiger partial charge is 0.485 e. The van der Waals surface area contributed by atoms with Gasteiger partial charge in [0, 0.05) is 32.9 Å². The predicted molar refractivity (Wildman–Crippen MR) is 83.7 cm³/mol. The number of hydrogen-bond donors (Lipinski definition) is 1. The van der Waals surface area contributed by atoms with Crippen LogP contribution in [0, 0.1) is 0 Å². The molecule has 1 N–H and O–H groups in total. The summed E-state index contributed by atoms with van der Waals surface area (Å²) in [4.78, 5) is 2.40. The van der Waals surface area contributed by atoms with Crippen molar-refractivity contribution in [2.75, 3.05) is 31.1 Å². The van der Waals surface area contributed by atoms with E-state index >= 15 is 0 Å². The maximum Gasteiger partial charge on any atom is 0.143 e. The summed E-state index contributed by atoms with van der Waals surface area (Å²) in [5.41, 5.74) is 2.13. The van der Waals surface area contributed by atoms with Gasteiger partial charge in [0.2, 0.25) is 0 Å². The molecule has 0 aliphatic carbocycles. The molecule has 1 aromatic heterocycles. The summed E-state index contributed by atoms with van der Waals surface area (Å²) in [6, 6.07) is 10.3. The van der Waals surface area contributed by atoms with Crippen LogP contribution in [0.4, 0.5) is 5.69 Å². The fourth-order valence-electron chi connectivity index (χ4n) is 2.62. The SMILES string of the molecule is Cn1ccc(COc2ccccc2N2CCCNCC2)n1. The Hall–Kier alpha value is -2.01. The van der Waals surface area contributed by atoms with Crippen molar-refractivity contribution in [3.05, 3.63) is 42.2 Å². The van der Waals surface area contributed by atoms with Gasteiger partial charge in [-0.05, 0) is 31.2 Å². The van der Waals surface area contributed by atoms with Crippen molar-refractivity contribution >= 4 is 5.69 Å². The normalized spacial score (nSPS) is 15.8. The Morgan fingerprint density at radius 1 is 1.19 bits per heavy atom. The van der Waals surface area contributed by atoms with Gasteiger partial charge in [0.1, 0.15) is 12.4 Å². The number of para-hydroxylation sites is 2. The fourth-order valence-corrected chi connectivity index (χ4v) is 2.62. The molecule has 0 amide bonds. The van der Waals surface area contributed by atoms with Crippen LogP contribution in [0.25, 0.3) is 0 Å². The second-order valence-electron chi connectivity index (χ2n) is 5.33. The van der Waals surface area contributed by atoms with E-state index in [2.05, 4.69) is 27.4 Å². The second kappa shape index (κ2) is 6.63. The molecule has 0 spiro atoms. The topological polar surface area (TPSA) is 42.3 Å². The predicted octanol–water partition coefficient (Wildman–Crippen LogP) is 1.80. The van der Waals surface area contributed by atoms with Crippen molar-refractivity contribution in [2.24, 2.45) is 7.05 Å². The monoisotopic (exact) mass is 286 g/mol. The van der Waals surface area contributed by atoms with Gasteiger partial charge in [-0.15, -0.1) is 0 Å². The van der Waals surface area contributed by atoms with E-state index in [4.69, 9.17) is 4.74 Å². The summed E-state index contributed by atoms with van der Waals surface area (Å²) in [7, 11) is 1.92. The molecule has 3 rings (SSSR count). The summed E-state index contributed by atoms with van der Waals surface area (Å²) in [5, 5.41) is 7.78. The van der Waals surface area contributed by atoms with Gasteiger partial charge in [-0.1, -0.05) is 12.1 Å². The Bertz CT molecular complexity index is 573. The zero-order chi connectivity index (χ0) is 14.5. The Morgan fingerprint density at radius 3 is 2.95 bits per heavy atom. The third-order valence-electron chi connectivity index (χ3n) is 3.69. The molecule has 5 heteroatoms. The average Bonchev–Trinajstić information content (AvgIpc) is 2.76. The van der Waals surface area contributed by atoms with E-state index in [-0.39, 0.29) is 0 Å². The van der Waals surface area contributed by atoms with Crippen molar-refractivity contribution in [3.8, 4) is 5.75 Å². The molecule has 0 radical (unpaired) electrons. The number of aryl methyl sites for hydroxylation is 1. The quantitative estimate of drug-likeness (QED) is 0.930. The molecule has 1 saturated heterocycles. The number of aromatic nitrogens is 2. The van der Waals surface area contributed by atoms with Crippen LogP contribution in [-0.4, -0.2) is 36.0 Å². The smallest absolute Gasteiger partial charge is 0.143 e. The van der Waals surface area contributed by atoms with Crippen LogP contribution in [0.3, 0.4) is 0 Å². The minimum atomic E-state index is 0.504. The third-order valence-corrected chi connectivity index (χ3v) is 3.69. The molecule has 1 aromatic carbocycles. The van der Waals surface area contributed by atoms with Gasteiger partial charge in [0.05, 0.1) is 11.4 Å². The van der Waals surface area contributed by atoms with Crippen LogP contribution in [0.1, 0.15) is 12.1 Å². The first-order valence-corrected chi connectivity index (χ1v) is 7.49. The zero-order valence-corrected chi connectivity index (χ0v) is 12.5. The van der Waals surface area contributed by atoms with E-state index in [9.17, 15) is 0 Å². The van der Waals surface area contributed by atoms with Crippen LogP contribution >= 0.6 is 0 Å².